The molecule has 0 bridgehead atoms. The molecule has 1 N–H and O–H groups in total. The van der Waals surface area contributed by atoms with Crippen molar-refractivity contribution < 1.29 is 22.7 Å². The Morgan fingerprint density at radius 3 is 2.38 bits per heavy atom. The first kappa shape index (κ1) is 23.0. The number of aromatic nitrogens is 2. The largest absolute Gasteiger partial charge is 0.573 e. The maximum absolute atomic E-state index is 13.1. The Morgan fingerprint density at radius 2 is 1.71 bits per heavy atom. The molecule has 0 atom stereocenters. The lowest BCUT2D eigenvalue weighted by Crippen LogP contribution is -2.20. The summed E-state index contributed by atoms with van der Waals surface area (Å²) in [7, 11) is 1.69. The van der Waals surface area contributed by atoms with Gasteiger partial charge in [-0.2, -0.15) is 0 Å². The van der Waals surface area contributed by atoms with Gasteiger partial charge in [-0.3, -0.25) is 14.6 Å². The minimum absolute atomic E-state index is 0.209. The Labute approximate surface area is 192 Å². The summed E-state index contributed by atoms with van der Waals surface area (Å²) < 4.78 is 42.4. The zero-order valence-electron chi connectivity index (χ0n) is 18.5. The van der Waals surface area contributed by atoms with Crippen molar-refractivity contribution in [3.63, 3.8) is 0 Å². The van der Waals surface area contributed by atoms with E-state index in [1.165, 1.54) is 12.1 Å². The van der Waals surface area contributed by atoms with Gasteiger partial charge in [0.05, 0.1) is 5.52 Å². The summed E-state index contributed by atoms with van der Waals surface area (Å²) in [5, 5.41) is 3.43. The molecule has 6 nitrogen and oxygen atoms in total. The summed E-state index contributed by atoms with van der Waals surface area (Å²) in [6.07, 6.45) is -3.09. The number of amides is 1. The molecule has 2 aromatic carbocycles. The minimum atomic E-state index is -4.79. The smallest absolute Gasteiger partial charge is 0.406 e. The number of ether oxygens (including phenoxy) is 1. The van der Waals surface area contributed by atoms with Crippen molar-refractivity contribution in [2.24, 2.45) is 7.05 Å². The van der Waals surface area contributed by atoms with Crippen LogP contribution in [0.1, 0.15) is 21.6 Å². The molecule has 4 aromatic rings. The zero-order valence-corrected chi connectivity index (χ0v) is 18.5. The first-order valence-electron chi connectivity index (χ1n) is 10.3. The van der Waals surface area contributed by atoms with Crippen LogP contribution in [-0.2, 0) is 7.05 Å². The highest BCUT2D eigenvalue weighted by atomic mass is 19.4. The number of carbonyl (C=O) groups is 1. The van der Waals surface area contributed by atoms with Crippen molar-refractivity contribution in [1.29, 1.82) is 0 Å². The van der Waals surface area contributed by atoms with Gasteiger partial charge in [-0.25, -0.2) is 0 Å². The normalized spacial score (nSPS) is 11.5. The standard InChI is InChI=1S/C25H20F3N3O3/c1-14-4-5-16(23(32)30-18-6-8-19(9-7-18)34-25(26,27)28)11-20(14)21-12-17-13-29-15(2)10-22(17)31(3)24(21)33/h4-13H,1-3H3,(H,30,32). The van der Waals surface area contributed by atoms with Crippen LogP contribution >= 0.6 is 0 Å². The number of alkyl halides is 3. The SMILES string of the molecule is Cc1cc2c(cn1)cc(-c1cc(C(=O)Nc3ccc(OC(F)(F)F)cc3)ccc1C)c(=O)n2C. The van der Waals surface area contributed by atoms with Gasteiger partial charge < -0.3 is 14.6 Å². The van der Waals surface area contributed by atoms with Crippen molar-refractivity contribution in [1.82, 2.24) is 9.55 Å². The highest BCUT2D eigenvalue weighted by Crippen LogP contribution is 2.27. The molecule has 2 aromatic heterocycles. The molecule has 4 rings (SSSR count). The third kappa shape index (κ3) is 4.78. The molecule has 0 unspecified atom stereocenters. The maximum Gasteiger partial charge on any atom is 0.573 e. The van der Waals surface area contributed by atoms with Crippen molar-refractivity contribution in [3.8, 4) is 16.9 Å². The third-order valence-corrected chi connectivity index (χ3v) is 5.38. The van der Waals surface area contributed by atoms with Crippen LogP contribution in [0.2, 0.25) is 0 Å². The van der Waals surface area contributed by atoms with Crippen LogP contribution in [0, 0.1) is 13.8 Å². The van der Waals surface area contributed by atoms with Crippen LogP contribution in [-0.4, -0.2) is 21.8 Å². The van der Waals surface area contributed by atoms with Crippen molar-refractivity contribution in [2.75, 3.05) is 5.32 Å². The molecule has 0 saturated carbocycles. The van der Waals surface area contributed by atoms with Crippen LogP contribution in [0.15, 0.2) is 65.6 Å². The molecule has 0 saturated heterocycles. The van der Waals surface area contributed by atoms with Crippen molar-refractivity contribution in [2.45, 2.75) is 20.2 Å². The highest BCUT2D eigenvalue weighted by molar-refractivity contribution is 6.05. The second kappa shape index (κ2) is 8.66. The number of halogens is 3. The van der Waals surface area contributed by atoms with Gasteiger partial charge in [-0.05, 0) is 73.5 Å². The molecule has 9 heteroatoms. The lowest BCUT2D eigenvalue weighted by atomic mass is 9.97. The van der Waals surface area contributed by atoms with E-state index in [1.807, 2.05) is 19.9 Å². The molecule has 0 radical (unpaired) electrons. The Balaban J connectivity index is 1.65. The van der Waals surface area contributed by atoms with Gasteiger partial charge in [0, 0.05) is 41.1 Å². The molecular weight excluding hydrogens is 447 g/mol. The van der Waals surface area contributed by atoms with Gasteiger partial charge in [0.25, 0.3) is 11.5 Å². The molecular formula is C25H20F3N3O3. The number of aryl methyl sites for hydroxylation is 3. The number of nitrogens with one attached hydrogen (secondary N) is 1. The van der Waals surface area contributed by atoms with Crippen LogP contribution < -0.4 is 15.6 Å². The molecule has 2 heterocycles. The summed E-state index contributed by atoms with van der Waals surface area (Å²) in [5.74, 6) is -0.861. The number of carbonyl (C=O) groups excluding carboxylic acids is 1. The molecule has 1 amide bonds. The number of rotatable bonds is 4. The Hall–Kier alpha value is -4.14. The Bertz CT molecular complexity index is 1460. The van der Waals surface area contributed by atoms with E-state index < -0.39 is 12.3 Å². The van der Waals surface area contributed by atoms with E-state index in [1.54, 1.807) is 42.1 Å². The van der Waals surface area contributed by atoms with Crippen LogP contribution in [0.3, 0.4) is 0 Å². The number of hydrogen-bond acceptors (Lipinski definition) is 4. The van der Waals surface area contributed by atoms with E-state index in [-0.39, 0.29) is 11.3 Å². The van der Waals surface area contributed by atoms with Gasteiger partial charge in [0.1, 0.15) is 5.75 Å². The molecule has 174 valence electrons. The van der Waals surface area contributed by atoms with Crippen LogP contribution in [0.5, 0.6) is 5.75 Å². The quantitative estimate of drug-likeness (QED) is 0.438. The maximum atomic E-state index is 13.1. The second-order valence-corrected chi connectivity index (χ2v) is 7.86. The van der Waals surface area contributed by atoms with Gasteiger partial charge in [-0.1, -0.05) is 6.07 Å². The van der Waals surface area contributed by atoms with Gasteiger partial charge in [-0.15, -0.1) is 13.2 Å². The molecule has 0 spiro atoms. The first-order valence-corrected chi connectivity index (χ1v) is 10.3. The number of anilines is 1. The average Bonchev–Trinajstić information content (AvgIpc) is 2.77. The fraction of sp³-hybridized carbons (Fsp3) is 0.160. The lowest BCUT2D eigenvalue weighted by molar-refractivity contribution is -0.274. The van der Waals surface area contributed by atoms with E-state index in [0.717, 1.165) is 34.3 Å². The molecule has 34 heavy (non-hydrogen) atoms. The number of nitrogens with zero attached hydrogens (tertiary/aromatic N) is 2. The van der Waals surface area contributed by atoms with Crippen molar-refractivity contribution >= 4 is 22.5 Å². The fourth-order valence-electron chi connectivity index (χ4n) is 3.65. The van der Waals surface area contributed by atoms with Gasteiger partial charge in [0.2, 0.25) is 0 Å². The van der Waals surface area contributed by atoms with E-state index in [2.05, 4.69) is 15.0 Å². The number of fused-ring (bicyclic) bond motifs is 1. The zero-order chi connectivity index (χ0) is 24.6. The topological polar surface area (TPSA) is 73.2 Å². The summed E-state index contributed by atoms with van der Waals surface area (Å²) in [5.41, 5.74) is 3.77. The van der Waals surface area contributed by atoms with Crippen LogP contribution in [0.4, 0.5) is 18.9 Å². The first-order chi connectivity index (χ1) is 16.0. The molecule has 0 aliphatic heterocycles. The summed E-state index contributed by atoms with van der Waals surface area (Å²) >= 11 is 0. The van der Waals surface area contributed by atoms with Crippen molar-refractivity contribution in [3.05, 3.63) is 88.0 Å². The van der Waals surface area contributed by atoms with E-state index in [9.17, 15) is 22.8 Å². The van der Waals surface area contributed by atoms with E-state index >= 15 is 0 Å². The monoisotopic (exact) mass is 467 g/mol. The third-order valence-electron chi connectivity index (χ3n) is 5.38. The predicted molar refractivity (Wildman–Crippen MR) is 123 cm³/mol. The second-order valence-electron chi connectivity index (χ2n) is 7.86. The predicted octanol–water partition coefficient (Wildman–Crippen LogP) is 5.37. The van der Waals surface area contributed by atoms with E-state index in [0.29, 0.717) is 22.4 Å². The van der Waals surface area contributed by atoms with Gasteiger partial charge in [0.15, 0.2) is 0 Å². The minimum Gasteiger partial charge on any atom is -0.406 e. The highest BCUT2D eigenvalue weighted by Gasteiger charge is 2.31. The number of hydrogen-bond donors (Lipinski definition) is 1. The van der Waals surface area contributed by atoms with E-state index in [4.69, 9.17) is 0 Å². The molecule has 0 fully saturated rings. The Kier molecular flexibility index (Phi) is 5.87. The van der Waals surface area contributed by atoms with Crippen LogP contribution in [0.25, 0.3) is 22.0 Å². The molecule has 0 aliphatic rings. The average molecular weight is 467 g/mol. The number of benzene rings is 2. The summed E-state index contributed by atoms with van der Waals surface area (Å²) in [4.78, 5) is 30.2. The summed E-state index contributed by atoms with van der Waals surface area (Å²) in [6.45, 7) is 3.69. The fourth-order valence-corrected chi connectivity index (χ4v) is 3.65. The lowest BCUT2D eigenvalue weighted by Gasteiger charge is -2.13. The number of pyridine rings is 2. The molecule has 0 aliphatic carbocycles. The Morgan fingerprint density at radius 1 is 1.00 bits per heavy atom. The van der Waals surface area contributed by atoms with Gasteiger partial charge >= 0.3 is 6.36 Å². The summed E-state index contributed by atoms with van der Waals surface area (Å²) in [6, 6.07) is 13.4.